The molecule has 0 fully saturated rings. The maximum atomic E-state index is 12.2. The van der Waals surface area contributed by atoms with Gasteiger partial charge in [0.25, 0.3) is 5.56 Å². The molecule has 0 radical (unpaired) electrons. The van der Waals surface area contributed by atoms with Crippen molar-refractivity contribution in [3.8, 4) is 0 Å². The lowest BCUT2D eigenvalue weighted by atomic mass is 10.2. The zero-order chi connectivity index (χ0) is 16.2. The summed E-state index contributed by atoms with van der Waals surface area (Å²) in [4.78, 5) is 28.4. The van der Waals surface area contributed by atoms with Gasteiger partial charge in [0.2, 0.25) is 0 Å². The number of hydrogen-bond donors (Lipinski definition) is 0. The Labute approximate surface area is 132 Å². The number of aromatic nitrogens is 4. The standard InChI is InChI=1S/C12H17BrN4O2.C2H6/c1-4-5-6-7-17-8-9(14-11(17)13)15(2)12(19)16(3)10(8)18;1-2/h4-7H2,1-3H3;1-2H3. The number of hydrogen-bond acceptors (Lipinski definition) is 3. The molecule has 0 unspecified atom stereocenters. The fourth-order valence-corrected chi connectivity index (χ4v) is 2.67. The van der Waals surface area contributed by atoms with Crippen molar-refractivity contribution >= 4 is 27.1 Å². The molecule has 6 nitrogen and oxygen atoms in total. The minimum absolute atomic E-state index is 0.298. The number of halogens is 1. The highest BCUT2D eigenvalue weighted by Crippen LogP contribution is 2.17. The van der Waals surface area contributed by atoms with Crippen LogP contribution in [0.4, 0.5) is 0 Å². The predicted molar refractivity (Wildman–Crippen MR) is 88.8 cm³/mol. The molecule has 21 heavy (non-hydrogen) atoms. The van der Waals surface area contributed by atoms with Gasteiger partial charge in [0.1, 0.15) is 0 Å². The summed E-state index contributed by atoms with van der Waals surface area (Å²) in [7, 11) is 3.11. The van der Waals surface area contributed by atoms with Gasteiger partial charge in [-0.1, -0.05) is 33.6 Å². The van der Waals surface area contributed by atoms with Crippen LogP contribution in [-0.4, -0.2) is 18.7 Å². The highest BCUT2D eigenvalue weighted by atomic mass is 79.9. The first-order chi connectivity index (χ1) is 9.99. The molecule has 2 rings (SSSR count). The second-order valence-corrected chi connectivity index (χ2v) is 5.33. The van der Waals surface area contributed by atoms with Crippen molar-refractivity contribution in [2.45, 2.75) is 46.6 Å². The monoisotopic (exact) mass is 358 g/mol. The van der Waals surface area contributed by atoms with E-state index in [2.05, 4.69) is 27.8 Å². The topological polar surface area (TPSA) is 61.8 Å². The Bertz CT molecular complexity index is 727. The van der Waals surface area contributed by atoms with Crippen molar-refractivity contribution in [2.75, 3.05) is 0 Å². The van der Waals surface area contributed by atoms with Crippen molar-refractivity contribution in [3.05, 3.63) is 25.6 Å². The van der Waals surface area contributed by atoms with E-state index in [9.17, 15) is 9.59 Å². The van der Waals surface area contributed by atoms with E-state index < -0.39 is 0 Å². The van der Waals surface area contributed by atoms with Crippen LogP contribution in [0.15, 0.2) is 14.3 Å². The first-order valence-corrected chi connectivity index (χ1v) is 8.10. The van der Waals surface area contributed by atoms with E-state index in [1.54, 1.807) is 7.05 Å². The fourth-order valence-electron chi connectivity index (χ4n) is 2.14. The second-order valence-electron chi connectivity index (χ2n) is 4.62. The molecule has 0 aliphatic heterocycles. The summed E-state index contributed by atoms with van der Waals surface area (Å²) in [6.45, 7) is 6.85. The largest absolute Gasteiger partial charge is 0.332 e. The molecule has 0 aliphatic rings. The Morgan fingerprint density at radius 2 is 1.71 bits per heavy atom. The molecule has 0 amide bonds. The Kier molecular flexibility index (Phi) is 6.39. The summed E-state index contributed by atoms with van der Waals surface area (Å²) >= 11 is 3.37. The van der Waals surface area contributed by atoms with Crippen molar-refractivity contribution in [1.82, 2.24) is 18.7 Å². The van der Waals surface area contributed by atoms with Gasteiger partial charge < -0.3 is 4.57 Å². The first-order valence-electron chi connectivity index (χ1n) is 7.30. The quantitative estimate of drug-likeness (QED) is 0.622. The zero-order valence-corrected chi connectivity index (χ0v) is 14.9. The van der Waals surface area contributed by atoms with Crippen LogP contribution in [0.2, 0.25) is 0 Å². The first kappa shape index (κ1) is 17.7. The maximum absolute atomic E-state index is 12.2. The fraction of sp³-hybridized carbons (Fsp3) is 0.643. The lowest BCUT2D eigenvalue weighted by Gasteiger charge is -2.06. The van der Waals surface area contributed by atoms with Gasteiger partial charge in [-0.2, -0.15) is 0 Å². The van der Waals surface area contributed by atoms with E-state index in [-0.39, 0.29) is 11.2 Å². The number of imidazole rings is 1. The van der Waals surface area contributed by atoms with Crippen LogP contribution in [0.1, 0.15) is 40.0 Å². The third-order valence-electron chi connectivity index (χ3n) is 3.29. The Morgan fingerprint density at radius 1 is 1.10 bits per heavy atom. The normalized spacial score (nSPS) is 10.6. The van der Waals surface area contributed by atoms with Crippen molar-refractivity contribution in [2.24, 2.45) is 14.1 Å². The summed E-state index contributed by atoms with van der Waals surface area (Å²) in [5.74, 6) is 0. The van der Waals surface area contributed by atoms with Gasteiger partial charge in [-0.25, -0.2) is 9.78 Å². The molecule has 0 atom stereocenters. The Hall–Kier alpha value is -1.37. The summed E-state index contributed by atoms with van der Waals surface area (Å²) in [6, 6.07) is 0. The van der Waals surface area contributed by atoms with Crippen molar-refractivity contribution in [3.63, 3.8) is 0 Å². The summed E-state index contributed by atoms with van der Waals surface area (Å²) in [5.41, 5.74) is 0.250. The van der Waals surface area contributed by atoms with Crippen LogP contribution in [-0.2, 0) is 20.6 Å². The van der Waals surface area contributed by atoms with Crippen LogP contribution < -0.4 is 11.2 Å². The predicted octanol–water partition coefficient (Wildman–Crippen LogP) is 2.41. The summed E-state index contributed by atoms with van der Waals surface area (Å²) < 4.78 is 4.95. The van der Waals surface area contributed by atoms with Gasteiger partial charge in [-0.3, -0.25) is 13.9 Å². The van der Waals surface area contributed by atoms with Crippen molar-refractivity contribution < 1.29 is 0 Å². The van der Waals surface area contributed by atoms with Gasteiger partial charge >= 0.3 is 5.69 Å². The van der Waals surface area contributed by atoms with Crippen LogP contribution in [0.25, 0.3) is 11.2 Å². The number of aryl methyl sites for hydroxylation is 2. The van der Waals surface area contributed by atoms with E-state index >= 15 is 0 Å². The Morgan fingerprint density at radius 3 is 2.29 bits per heavy atom. The third kappa shape index (κ3) is 3.28. The maximum Gasteiger partial charge on any atom is 0.332 e. The highest BCUT2D eigenvalue weighted by Gasteiger charge is 2.17. The molecule has 0 N–H and O–H groups in total. The van der Waals surface area contributed by atoms with Gasteiger partial charge in [0.05, 0.1) is 0 Å². The van der Waals surface area contributed by atoms with E-state index in [0.717, 1.165) is 30.4 Å². The lowest BCUT2D eigenvalue weighted by Crippen LogP contribution is -2.37. The average Bonchev–Trinajstić information content (AvgIpc) is 2.82. The molecule has 0 saturated heterocycles. The molecule has 0 aliphatic carbocycles. The molecule has 0 bridgehead atoms. The van der Waals surface area contributed by atoms with Gasteiger partial charge in [0, 0.05) is 20.6 Å². The second kappa shape index (κ2) is 7.59. The molecule has 7 heteroatoms. The number of rotatable bonds is 4. The van der Waals surface area contributed by atoms with Crippen LogP contribution in [0.5, 0.6) is 0 Å². The van der Waals surface area contributed by atoms with Gasteiger partial charge in [0.15, 0.2) is 15.9 Å². The third-order valence-corrected chi connectivity index (χ3v) is 3.89. The van der Waals surface area contributed by atoms with Crippen LogP contribution >= 0.6 is 15.9 Å². The molecule has 0 spiro atoms. The Balaban J connectivity index is 0.00000106. The van der Waals surface area contributed by atoms with E-state index in [4.69, 9.17) is 0 Å². The summed E-state index contributed by atoms with van der Waals surface area (Å²) in [5, 5.41) is 0. The molecule has 0 aromatic carbocycles. The minimum Gasteiger partial charge on any atom is -0.313 e. The molecule has 2 aromatic rings. The average molecular weight is 359 g/mol. The van der Waals surface area contributed by atoms with E-state index in [0.29, 0.717) is 15.9 Å². The van der Waals surface area contributed by atoms with Crippen LogP contribution in [0.3, 0.4) is 0 Å². The van der Waals surface area contributed by atoms with Gasteiger partial charge in [-0.05, 0) is 22.4 Å². The number of fused-ring (bicyclic) bond motifs is 1. The lowest BCUT2D eigenvalue weighted by molar-refractivity contribution is 0.601. The molecule has 118 valence electrons. The smallest absolute Gasteiger partial charge is 0.313 e. The molecular formula is C14H23BrN4O2. The van der Waals surface area contributed by atoms with Gasteiger partial charge in [-0.15, -0.1) is 0 Å². The highest BCUT2D eigenvalue weighted by molar-refractivity contribution is 9.10. The van der Waals surface area contributed by atoms with Crippen molar-refractivity contribution in [1.29, 1.82) is 0 Å². The zero-order valence-electron chi connectivity index (χ0n) is 13.3. The van der Waals surface area contributed by atoms with E-state index in [1.807, 2.05) is 18.4 Å². The number of unbranched alkanes of at least 4 members (excludes halogenated alkanes) is 2. The molecule has 0 saturated carbocycles. The SMILES string of the molecule is CC.CCCCCn1c(Br)nc2c1c(=O)n(C)c(=O)n2C. The molecule has 2 aromatic heterocycles. The molecular weight excluding hydrogens is 336 g/mol. The minimum atomic E-state index is -0.358. The number of nitrogens with zero attached hydrogens (tertiary/aromatic N) is 4. The van der Waals surface area contributed by atoms with E-state index in [1.165, 1.54) is 11.6 Å². The molecule has 2 heterocycles. The summed E-state index contributed by atoms with van der Waals surface area (Å²) in [6.07, 6.45) is 3.19. The van der Waals surface area contributed by atoms with Crippen LogP contribution in [0, 0.1) is 0 Å².